The zero-order chi connectivity index (χ0) is 15.5. The molecule has 2 aliphatic rings. The summed E-state index contributed by atoms with van der Waals surface area (Å²) in [5.41, 5.74) is 0.278. The minimum absolute atomic E-state index is 0.278. The maximum Gasteiger partial charge on any atom is 0.0308 e. The van der Waals surface area contributed by atoms with Gasteiger partial charge in [-0.05, 0) is 83.8 Å². The van der Waals surface area contributed by atoms with Crippen molar-refractivity contribution >= 4 is 0 Å². The van der Waals surface area contributed by atoms with E-state index in [0.29, 0.717) is 6.04 Å². The molecule has 1 saturated heterocycles. The molecule has 1 N–H and O–H groups in total. The number of hydrogen-bond donors (Lipinski definition) is 1. The molecule has 21 heavy (non-hydrogen) atoms. The molecule has 0 amide bonds. The lowest BCUT2D eigenvalue weighted by Gasteiger charge is -2.49. The second-order valence-corrected chi connectivity index (χ2v) is 8.50. The van der Waals surface area contributed by atoms with Crippen LogP contribution in [0.5, 0.6) is 0 Å². The fourth-order valence-electron chi connectivity index (χ4n) is 5.29. The van der Waals surface area contributed by atoms with Crippen LogP contribution in [-0.4, -0.2) is 36.6 Å². The third kappa shape index (κ3) is 4.22. The van der Waals surface area contributed by atoms with Crippen molar-refractivity contribution in [2.75, 3.05) is 20.1 Å². The molecule has 0 spiro atoms. The highest BCUT2D eigenvalue weighted by Gasteiger charge is 2.41. The van der Waals surface area contributed by atoms with Crippen molar-refractivity contribution in [3.63, 3.8) is 0 Å². The molecule has 0 aromatic rings. The molecule has 1 aliphatic carbocycles. The summed E-state index contributed by atoms with van der Waals surface area (Å²) >= 11 is 0. The van der Waals surface area contributed by atoms with Crippen LogP contribution in [0.1, 0.15) is 72.6 Å². The predicted octanol–water partition coefficient (Wildman–Crippen LogP) is 4.30. The summed E-state index contributed by atoms with van der Waals surface area (Å²) in [6.45, 7) is 12.5. The number of hydrogen-bond acceptors (Lipinski definition) is 2. The Labute approximate surface area is 133 Å². The first kappa shape index (κ1) is 17.3. The van der Waals surface area contributed by atoms with Crippen LogP contribution in [0.2, 0.25) is 0 Å². The van der Waals surface area contributed by atoms with Crippen LogP contribution in [0.25, 0.3) is 0 Å². The number of rotatable bonds is 4. The number of nitrogens with zero attached hydrogens (tertiary/aromatic N) is 1. The van der Waals surface area contributed by atoms with Crippen LogP contribution in [0.4, 0.5) is 0 Å². The fourth-order valence-corrected chi connectivity index (χ4v) is 5.29. The minimum atomic E-state index is 0.278. The second kappa shape index (κ2) is 7.46. The SMILES string of the molecule is CNC(C1CC(C)CC(C)C1)C(C)(C)N1CCCCCC1. The highest BCUT2D eigenvalue weighted by Crippen LogP contribution is 2.39. The van der Waals surface area contributed by atoms with E-state index in [4.69, 9.17) is 0 Å². The van der Waals surface area contributed by atoms with Crippen LogP contribution in [0, 0.1) is 17.8 Å². The lowest BCUT2D eigenvalue weighted by molar-refractivity contribution is 0.0388. The van der Waals surface area contributed by atoms with Gasteiger partial charge < -0.3 is 5.32 Å². The Balaban J connectivity index is 2.09. The normalized spacial score (nSPS) is 34.4. The Bertz CT molecular complexity index is 295. The van der Waals surface area contributed by atoms with E-state index >= 15 is 0 Å². The minimum Gasteiger partial charge on any atom is -0.315 e. The highest BCUT2D eigenvalue weighted by atomic mass is 15.2. The van der Waals surface area contributed by atoms with Crippen molar-refractivity contribution in [2.45, 2.75) is 84.2 Å². The summed E-state index contributed by atoms with van der Waals surface area (Å²) in [6, 6.07) is 0.626. The van der Waals surface area contributed by atoms with E-state index in [1.807, 2.05) is 0 Å². The highest BCUT2D eigenvalue weighted by molar-refractivity contribution is 4.99. The molecule has 0 bridgehead atoms. The maximum atomic E-state index is 3.73. The first-order valence-corrected chi connectivity index (χ1v) is 9.37. The molecule has 2 rings (SSSR count). The number of likely N-dealkylation sites (tertiary alicyclic amines) is 1. The summed E-state index contributed by atoms with van der Waals surface area (Å²) in [4.78, 5) is 2.78. The molecule has 3 unspecified atom stereocenters. The van der Waals surface area contributed by atoms with Crippen molar-refractivity contribution in [2.24, 2.45) is 17.8 Å². The summed E-state index contributed by atoms with van der Waals surface area (Å²) in [5, 5.41) is 3.73. The predicted molar refractivity (Wildman–Crippen MR) is 92.6 cm³/mol. The van der Waals surface area contributed by atoms with E-state index in [2.05, 4.69) is 45.0 Å². The lowest BCUT2D eigenvalue weighted by atomic mass is 9.69. The summed E-state index contributed by atoms with van der Waals surface area (Å²) in [7, 11) is 2.19. The van der Waals surface area contributed by atoms with Gasteiger partial charge in [0, 0.05) is 11.6 Å². The van der Waals surface area contributed by atoms with Gasteiger partial charge in [-0.3, -0.25) is 4.90 Å². The molecule has 1 saturated carbocycles. The van der Waals surface area contributed by atoms with Gasteiger partial charge in [-0.2, -0.15) is 0 Å². The molecule has 1 heterocycles. The Morgan fingerprint density at radius 1 is 0.905 bits per heavy atom. The molecule has 1 aliphatic heterocycles. The summed E-state index contributed by atoms with van der Waals surface area (Å²) in [6.07, 6.45) is 9.87. The van der Waals surface area contributed by atoms with Crippen molar-refractivity contribution in [1.29, 1.82) is 0 Å². The van der Waals surface area contributed by atoms with Gasteiger partial charge in [0.1, 0.15) is 0 Å². The third-order valence-electron chi connectivity index (χ3n) is 6.18. The molecule has 0 radical (unpaired) electrons. The zero-order valence-corrected chi connectivity index (χ0v) is 15.1. The first-order valence-electron chi connectivity index (χ1n) is 9.37. The van der Waals surface area contributed by atoms with Gasteiger partial charge in [-0.1, -0.05) is 26.7 Å². The summed E-state index contributed by atoms with van der Waals surface area (Å²) in [5.74, 6) is 2.64. The molecule has 2 nitrogen and oxygen atoms in total. The third-order valence-corrected chi connectivity index (χ3v) is 6.18. The standard InChI is InChI=1S/C19H38N2/c1-15-12-16(2)14-17(13-15)18(20-5)19(3,4)21-10-8-6-7-9-11-21/h15-18,20H,6-14H2,1-5H3. The Morgan fingerprint density at radius 3 is 1.90 bits per heavy atom. The molecule has 3 atom stereocenters. The topological polar surface area (TPSA) is 15.3 Å². The van der Waals surface area contributed by atoms with E-state index in [1.165, 1.54) is 58.0 Å². The number of likely N-dealkylation sites (N-methyl/N-ethyl adjacent to an activating group) is 1. The molecule has 0 aromatic heterocycles. The van der Waals surface area contributed by atoms with E-state index in [0.717, 1.165) is 17.8 Å². The Morgan fingerprint density at radius 2 is 1.43 bits per heavy atom. The van der Waals surface area contributed by atoms with Crippen molar-refractivity contribution < 1.29 is 0 Å². The van der Waals surface area contributed by atoms with Gasteiger partial charge in [0.2, 0.25) is 0 Å². The molecule has 2 fully saturated rings. The second-order valence-electron chi connectivity index (χ2n) is 8.50. The molecule has 124 valence electrons. The average Bonchev–Trinajstić information content (AvgIpc) is 2.67. The van der Waals surface area contributed by atoms with Crippen LogP contribution in [-0.2, 0) is 0 Å². The molecular formula is C19H38N2. The van der Waals surface area contributed by atoms with Crippen molar-refractivity contribution in [3.05, 3.63) is 0 Å². The van der Waals surface area contributed by atoms with Crippen LogP contribution in [0.15, 0.2) is 0 Å². The van der Waals surface area contributed by atoms with Crippen molar-refractivity contribution in [3.8, 4) is 0 Å². The zero-order valence-electron chi connectivity index (χ0n) is 15.1. The van der Waals surface area contributed by atoms with Crippen molar-refractivity contribution in [1.82, 2.24) is 10.2 Å². The van der Waals surface area contributed by atoms with Crippen LogP contribution < -0.4 is 5.32 Å². The maximum absolute atomic E-state index is 3.73. The van der Waals surface area contributed by atoms with Gasteiger partial charge in [-0.15, -0.1) is 0 Å². The Kier molecular flexibility index (Phi) is 6.14. The molecule has 0 aromatic carbocycles. The van der Waals surface area contributed by atoms with Gasteiger partial charge in [0.25, 0.3) is 0 Å². The van der Waals surface area contributed by atoms with E-state index in [-0.39, 0.29) is 5.54 Å². The molecular weight excluding hydrogens is 256 g/mol. The quantitative estimate of drug-likeness (QED) is 0.831. The average molecular weight is 295 g/mol. The van der Waals surface area contributed by atoms with Crippen LogP contribution >= 0.6 is 0 Å². The van der Waals surface area contributed by atoms with Gasteiger partial charge >= 0.3 is 0 Å². The van der Waals surface area contributed by atoms with E-state index < -0.39 is 0 Å². The Hall–Kier alpha value is -0.0800. The lowest BCUT2D eigenvalue weighted by Crippen LogP contribution is -2.60. The van der Waals surface area contributed by atoms with E-state index in [9.17, 15) is 0 Å². The smallest absolute Gasteiger partial charge is 0.0308 e. The van der Waals surface area contributed by atoms with E-state index in [1.54, 1.807) is 0 Å². The first-order chi connectivity index (χ1) is 9.95. The van der Waals surface area contributed by atoms with Gasteiger partial charge in [0.15, 0.2) is 0 Å². The summed E-state index contributed by atoms with van der Waals surface area (Å²) < 4.78 is 0. The number of nitrogens with one attached hydrogen (secondary N) is 1. The van der Waals surface area contributed by atoms with Gasteiger partial charge in [-0.25, -0.2) is 0 Å². The largest absolute Gasteiger partial charge is 0.315 e. The molecule has 2 heteroatoms. The monoisotopic (exact) mass is 294 g/mol. The fraction of sp³-hybridized carbons (Fsp3) is 1.00. The van der Waals surface area contributed by atoms with Gasteiger partial charge in [0.05, 0.1) is 0 Å². The van der Waals surface area contributed by atoms with Crippen LogP contribution in [0.3, 0.4) is 0 Å².